The van der Waals surface area contributed by atoms with Crippen molar-refractivity contribution in [3.8, 4) is 17.4 Å². The minimum atomic E-state index is -0.952. The summed E-state index contributed by atoms with van der Waals surface area (Å²) in [6.07, 6.45) is 8.07. The van der Waals surface area contributed by atoms with Crippen LogP contribution >= 0.6 is 11.6 Å². The molecule has 7 rings (SSSR count). The third kappa shape index (κ3) is 10.7. The number of benzene rings is 1. The maximum atomic E-state index is 14.3. The number of alkyl carbamates (subject to hydrolysis) is 1. The first kappa shape index (κ1) is 42.1. The summed E-state index contributed by atoms with van der Waals surface area (Å²) in [7, 11) is 0. The van der Waals surface area contributed by atoms with Crippen molar-refractivity contribution in [3.63, 3.8) is 0 Å². The first-order chi connectivity index (χ1) is 28.1. The number of hydrogen-bond acceptors (Lipinski definition) is 11. The number of carbonyl (C=O) groups excluding carboxylic acids is 3. The Morgan fingerprint density at radius 3 is 2.47 bits per heavy atom. The van der Waals surface area contributed by atoms with Gasteiger partial charge in [-0.15, -0.1) is 0 Å². The molecular formula is C42H58ClN5O10. The highest BCUT2D eigenvalue weighted by molar-refractivity contribution is 6.36. The molecule has 58 heavy (non-hydrogen) atoms. The van der Waals surface area contributed by atoms with Crippen molar-refractivity contribution >= 4 is 46.4 Å². The maximum absolute atomic E-state index is 14.3. The number of pyridine rings is 1. The van der Waals surface area contributed by atoms with Crippen LogP contribution in [0.5, 0.6) is 17.4 Å². The molecule has 1 aromatic carbocycles. The molecule has 8 atom stereocenters. The van der Waals surface area contributed by atoms with Crippen LogP contribution in [0.4, 0.5) is 4.79 Å². The number of aliphatic carboxylic acids is 1. The van der Waals surface area contributed by atoms with Crippen molar-refractivity contribution in [2.45, 2.75) is 108 Å². The van der Waals surface area contributed by atoms with Crippen LogP contribution in [0, 0.1) is 23.7 Å². The number of hydrogen-bond donors (Lipinski definition) is 3. The summed E-state index contributed by atoms with van der Waals surface area (Å²) in [4.78, 5) is 59.9. The van der Waals surface area contributed by atoms with E-state index in [1.54, 1.807) is 12.1 Å². The number of primary amides is 1. The Balaban J connectivity index is 1.00. The van der Waals surface area contributed by atoms with Gasteiger partial charge >= 0.3 is 12.1 Å². The van der Waals surface area contributed by atoms with Gasteiger partial charge in [0.25, 0.3) is 0 Å². The van der Waals surface area contributed by atoms with Crippen molar-refractivity contribution in [2.24, 2.45) is 29.4 Å². The molecule has 318 valence electrons. The van der Waals surface area contributed by atoms with Crippen LogP contribution in [-0.4, -0.2) is 121 Å². The van der Waals surface area contributed by atoms with Crippen molar-refractivity contribution in [2.75, 3.05) is 52.6 Å². The minimum Gasteiger partial charge on any atom is -0.491 e. The second-order valence-corrected chi connectivity index (χ2v) is 17.0. The molecule has 15 nitrogen and oxygen atoms in total. The number of nitrogens with one attached hydrogen (secondary N) is 1. The Morgan fingerprint density at radius 1 is 0.983 bits per heavy atom. The van der Waals surface area contributed by atoms with Crippen LogP contribution in [0.15, 0.2) is 18.2 Å². The van der Waals surface area contributed by atoms with E-state index in [1.807, 2.05) is 13.0 Å². The highest BCUT2D eigenvalue weighted by atomic mass is 35.5. The Labute approximate surface area is 344 Å². The van der Waals surface area contributed by atoms with E-state index in [1.165, 1.54) is 11.3 Å². The van der Waals surface area contributed by atoms with Gasteiger partial charge in [-0.2, -0.15) is 0 Å². The Bertz CT molecular complexity index is 1780. The average Bonchev–Trinajstić information content (AvgIpc) is 4.06. The van der Waals surface area contributed by atoms with Crippen molar-refractivity contribution in [3.05, 3.63) is 23.2 Å². The zero-order chi connectivity index (χ0) is 40.8. The van der Waals surface area contributed by atoms with Gasteiger partial charge in [0.15, 0.2) is 0 Å². The van der Waals surface area contributed by atoms with E-state index in [4.69, 9.17) is 46.1 Å². The second kappa shape index (κ2) is 19.3. The van der Waals surface area contributed by atoms with Crippen LogP contribution in [0.1, 0.15) is 84.0 Å². The minimum absolute atomic E-state index is 0.0639. The Hall–Kier alpha value is -4.08. The van der Waals surface area contributed by atoms with Gasteiger partial charge in [0.2, 0.25) is 17.7 Å². The van der Waals surface area contributed by atoms with E-state index < -0.39 is 42.1 Å². The number of nitrogens with two attached hydrogens (primary N) is 1. The van der Waals surface area contributed by atoms with E-state index in [2.05, 4.69) is 15.2 Å². The van der Waals surface area contributed by atoms with Crippen LogP contribution < -0.4 is 25.3 Å². The average molecular weight is 828 g/mol. The number of rotatable bonds is 21. The normalized spacial score (nSPS) is 26.8. The highest BCUT2D eigenvalue weighted by Crippen LogP contribution is 2.52. The number of carboxylic acid groups (broad SMARTS) is 1. The van der Waals surface area contributed by atoms with Gasteiger partial charge in [0.1, 0.15) is 52.9 Å². The molecule has 2 aliphatic heterocycles. The van der Waals surface area contributed by atoms with Crippen LogP contribution in [-0.2, 0) is 23.9 Å². The molecule has 3 amide bonds. The zero-order valence-corrected chi connectivity index (χ0v) is 34.2. The van der Waals surface area contributed by atoms with Gasteiger partial charge in [-0.3, -0.25) is 19.3 Å². The maximum Gasteiger partial charge on any atom is 0.408 e. The molecule has 0 spiro atoms. The number of carbonyl (C=O) groups is 4. The Morgan fingerprint density at radius 2 is 1.74 bits per heavy atom. The predicted molar refractivity (Wildman–Crippen MR) is 214 cm³/mol. The van der Waals surface area contributed by atoms with Crippen molar-refractivity contribution < 1.29 is 48.0 Å². The molecule has 1 aromatic heterocycles. The Kier molecular flexibility index (Phi) is 14.0. The first-order valence-electron chi connectivity index (χ1n) is 21.2. The lowest BCUT2D eigenvalue weighted by Crippen LogP contribution is -2.53. The molecule has 2 aromatic rings. The lowest BCUT2D eigenvalue weighted by molar-refractivity contribution is -0.139. The molecule has 3 saturated carbocycles. The smallest absolute Gasteiger partial charge is 0.408 e. The van der Waals surface area contributed by atoms with E-state index in [9.17, 15) is 19.2 Å². The van der Waals surface area contributed by atoms with Gasteiger partial charge < -0.3 is 44.7 Å². The third-order valence-corrected chi connectivity index (χ3v) is 12.8. The van der Waals surface area contributed by atoms with Gasteiger partial charge in [-0.25, -0.2) is 9.78 Å². The molecule has 3 aliphatic carbocycles. The van der Waals surface area contributed by atoms with E-state index in [0.717, 1.165) is 71.0 Å². The van der Waals surface area contributed by atoms with E-state index in [0.29, 0.717) is 84.4 Å². The molecule has 16 heteroatoms. The summed E-state index contributed by atoms with van der Waals surface area (Å²) in [5, 5.41) is 12.9. The van der Waals surface area contributed by atoms with E-state index >= 15 is 0 Å². The molecule has 5 aliphatic rings. The first-order valence-corrected chi connectivity index (χ1v) is 21.6. The van der Waals surface area contributed by atoms with Gasteiger partial charge in [0, 0.05) is 37.5 Å². The van der Waals surface area contributed by atoms with Gasteiger partial charge in [-0.1, -0.05) is 43.7 Å². The topological polar surface area (TPSA) is 192 Å². The lowest BCUT2D eigenvalue weighted by atomic mass is 10.0. The monoisotopic (exact) mass is 827 g/mol. The summed E-state index contributed by atoms with van der Waals surface area (Å²) < 4.78 is 29.6. The predicted octanol–water partition coefficient (Wildman–Crippen LogP) is 5.18. The standard InChI is InChI=1S/C42H58ClN5O10/c1-2-55-36-23-35(30-10-11-34(37(43)38(30)46-36)56-17-14-47-12-15-54-16-13-47)57-29-22-33(39(44)49)48(24-29)40(50)32(45-42(53)58-28-19-26-18-27(26)20-28)9-7-5-3-4-6-8-25-21-31(25)41(51)52/h10-11,23,25-29,31-33H,2-9,12-22,24H2,1H3,(H2,44,49)(H,45,53)(H,51,52)/t25-,26-,27+,28?,29?,31+,32+,33+/m1/s1. The third-order valence-electron chi connectivity index (χ3n) is 12.4. The second-order valence-electron chi connectivity index (χ2n) is 16.6. The largest absolute Gasteiger partial charge is 0.491 e. The quantitative estimate of drug-likeness (QED) is 0.140. The fraction of sp³-hybridized carbons (Fsp3) is 0.690. The number of unbranched alkanes of at least 4 members (excludes halogenated alkanes) is 4. The summed E-state index contributed by atoms with van der Waals surface area (Å²) in [6.45, 7) is 6.53. The molecular weight excluding hydrogens is 770 g/mol. The lowest BCUT2D eigenvalue weighted by Gasteiger charge is -2.28. The van der Waals surface area contributed by atoms with Crippen molar-refractivity contribution in [1.29, 1.82) is 0 Å². The summed E-state index contributed by atoms with van der Waals surface area (Å²) in [5.74, 6) is 0.782. The van der Waals surface area contributed by atoms with Gasteiger partial charge in [0.05, 0.1) is 32.3 Å². The number of morpholine rings is 1. The van der Waals surface area contributed by atoms with Gasteiger partial charge in [-0.05, 0) is 75.3 Å². The molecule has 5 fully saturated rings. The number of fused-ring (bicyclic) bond motifs is 2. The number of ether oxygens (including phenoxy) is 5. The molecule has 4 N–H and O–H groups in total. The summed E-state index contributed by atoms with van der Waals surface area (Å²) in [6, 6.07) is 3.41. The van der Waals surface area contributed by atoms with Crippen molar-refractivity contribution in [1.82, 2.24) is 20.1 Å². The molecule has 0 radical (unpaired) electrons. The molecule has 2 unspecified atom stereocenters. The number of nitrogens with zero attached hydrogens (tertiary/aromatic N) is 3. The van der Waals surface area contributed by atoms with Crippen LogP contribution in [0.2, 0.25) is 5.02 Å². The summed E-state index contributed by atoms with van der Waals surface area (Å²) in [5.41, 5.74) is 6.34. The van der Waals surface area contributed by atoms with Crippen LogP contribution in [0.3, 0.4) is 0 Å². The van der Waals surface area contributed by atoms with Crippen LogP contribution in [0.25, 0.3) is 10.9 Å². The SMILES string of the molecule is CCOc1cc(OC2C[C@@H](C(N)=O)N(C(=O)[C@H](CCCCCCC[C@@H]3C[C@@H]3C(=O)O)NC(=O)OC3C[C@@H]4C[C@@H]4C3)C2)c2ccc(OCCN3CCOCC3)c(Cl)c2n1. The number of halogens is 1. The highest BCUT2D eigenvalue weighted by Gasteiger charge is 2.48. The molecule has 2 saturated heterocycles. The summed E-state index contributed by atoms with van der Waals surface area (Å²) >= 11 is 6.89. The molecule has 0 bridgehead atoms. The fourth-order valence-electron chi connectivity index (χ4n) is 9.00. The number of amides is 3. The number of likely N-dealkylation sites (tertiary alicyclic amines) is 1. The number of carboxylic acids is 1. The fourth-order valence-corrected chi connectivity index (χ4v) is 9.26. The zero-order valence-electron chi connectivity index (χ0n) is 33.4. The van der Waals surface area contributed by atoms with E-state index in [-0.39, 0.29) is 30.9 Å². The molecule has 3 heterocycles. The number of aromatic nitrogens is 1.